The Kier molecular flexibility index (Phi) is 4.58. The van der Waals surface area contributed by atoms with E-state index in [1.807, 2.05) is 11.9 Å². The summed E-state index contributed by atoms with van der Waals surface area (Å²) < 4.78 is 0. The first-order valence-corrected chi connectivity index (χ1v) is 5.99. The van der Waals surface area contributed by atoms with E-state index in [2.05, 4.69) is 26.1 Å². The van der Waals surface area contributed by atoms with E-state index in [4.69, 9.17) is 0 Å². The molecule has 2 unspecified atom stereocenters. The van der Waals surface area contributed by atoms with Crippen molar-refractivity contribution in [2.75, 3.05) is 13.6 Å². The minimum absolute atomic E-state index is 0.282. The number of nitrogens with one attached hydrogen (secondary N) is 1. The van der Waals surface area contributed by atoms with E-state index in [1.165, 1.54) is 6.42 Å². The molecule has 1 saturated heterocycles. The molecule has 1 heterocycles. The summed E-state index contributed by atoms with van der Waals surface area (Å²) in [5.74, 6) is 1.01. The van der Waals surface area contributed by atoms with Crippen LogP contribution in [0.15, 0.2) is 0 Å². The van der Waals surface area contributed by atoms with Crippen LogP contribution in [0.1, 0.15) is 40.0 Å². The van der Waals surface area contributed by atoms with Crippen molar-refractivity contribution in [1.29, 1.82) is 0 Å². The van der Waals surface area contributed by atoms with E-state index >= 15 is 0 Å². The van der Waals surface area contributed by atoms with Gasteiger partial charge in [-0.05, 0) is 25.7 Å². The molecule has 2 atom stereocenters. The Bertz CT molecular complexity index is 216. The molecule has 0 aromatic rings. The van der Waals surface area contributed by atoms with Gasteiger partial charge in [-0.2, -0.15) is 0 Å². The number of carbonyl (C=O) groups is 1. The highest BCUT2D eigenvalue weighted by molar-refractivity contribution is 5.76. The van der Waals surface area contributed by atoms with E-state index < -0.39 is 0 Å². The Morgan fingerprint density at radius 3 is 2.67 bits per heavy atom. The average molecular weight is 212 g/mol. The first-order chi connectivity index (χ1) is 6.99. The molecular formula is C12H24N2O. The Hall–Kier alpha value is -0.570. The third-order valence-corrected chi connectivity index (χ3v) is 2.97. The highest BCUT2D eigenvalue weighted by Gasteiger charge is 2.23. The molecule has 15 heavy (non-hydrogen) atoms. The molecule has 1 amide bonds. The SMILES string of the molecule is CC(C)CC(C)NC1CCC(=O)N(C)C1. The summed E-state index contributed by atoms with van der Waals surface area (Å²) in [4.78, 5) is 13.1. The van der Waals surface area contributed by atoms with Crippen LogP contribution in [-0.2, 0) is 4.79 Å². The van der Waals surface area contributed by atoms with Gasteiger partial charge in [-0.25, -0.2) is 0 Å². The normalized spacial score (nSPS) is 24.7. The maximum atomic E-state index is 11.3. The summed E-state index contributed by atoms with van der Waals surface area (Å²) in [7, 11) is 1.89. The molecule has 0 aliphatic carbocycles. The summed E-state index contributed by atoms with van der Waals surface area (Å²) in [5.41, 5.74) is 0. The first-order valence-electron chi connectivity index (χ1n) is 5.99. The van der Waals surface area contributed by atoms with Crippen molar-refractivity contribution in [2.24, 2.45) is 5.92 Å². The van der Waals surface area contributed by atoms with Crippen molar-refractivity contribution in [2.45, 2.75) is 52.1 Å². The van der Waals surface area contributed by atoms with E-state index in [9.17, 15) is 4.79 Å². The van der Waals surface area contributed by atoms with Crippen molar-refractivity contribution >= 4 is 5.91 Å². The lowest BCUT2D eigenvalue weighted by atomic mass is 10.0. The molecule has 0 radical (unpaired) electrons. The standard InChI is InChI=1S/C12H24N2O/c1-9(2)7-10(3)13-11-5-6-12(15)14(4)8-11/h9-11,13H,5-8H2,1-4H3. The van der Waals surface area contributed by atoms with Gasteiger partial charge in [-0.3, -0.25) is 4.79 Å². The molecule has 0 spiro atoms. The highest BCUT2D eigenvalue weighted by atomic mass is 16.2. The van der Waals surface area contributed by atoms with Crippen LogP contribution in [0.25, 0.3) is 0 Å². The quantitative estimate of drug-likeness (QED) is 0.768. The van der Waals surface area contributed by atoms with Gasteiger partial charge in [0.1, 0.15) is 0 Å². The molecule has 1 fully saturated rings. The van der Waals surface area contributed by atoms with Gasteiger partial charge in [-0.1, -0.05) is 13.8 Å². The number of hydrogen-bond donors (Lipinski definition) is 1. The number of nitrogens with zero attached hydrogens (tertiary/aromatic N) is 1. The largest absolute Gasteiger partial charge is 0.344 e. The Balaban J connectivity index is 2.30. The number of hydrogen-bond acceptors (Lipinski definition) is 2. The van der Waals surface area contributed by atoms with E-state index in [-0.39, 0.29) is 5.91 Å². The summed E-state index contributed by atoms with van der Waals surface area (Å²) in [5, 5.41) is 3.61. The van der Waals surface area contributed by atoms with Gasteiger partial charge in [0.05, 0.1) is 0 Å². The number of likely N-dealkylation sites (tertiary alicyclic amines) is 1. The molecule has 1 N–H and O–H groups in total. The van der Waals surface area contributed by atoms with E-state index in [0.29, 0.717) is 18.5 Å². The number of carbonyl (C=O) groups excluding carboxylic acids is 1. The van der Waals surface area contributed by atoms with Crippen LogP contribution in [-0.4, -0.2) is 36.5 Å². The summed E-state index contributed by atoms with van der Waals surface area (Å²) in [6, 6.07) is 1.04. The molecule has 1 rings (SSSR count). The minimum Gasteiger partial charge on any atom is -0.344 e. The zero-order chi connectivity index (χ0) is 11.4. The summed E-state index contributed by atoms with van der Waals surface area (Å²) >= 11 is 0. The predicted molar refractivity (Wildman–Crippen MR) is 62.7 cm³/mol. The lowest BCUT2D eigenvalue weighted by Gasteiger charge is -2.32. The topological polar surface area (TPSA) is 32.3 Å². The monoisotopic (exact) mass is 212 g/mol. The Labute approximate surface area is 93.2 Å². The van der Waals surface area contributed by atoms with Gasteiger partial charge in [-0.15, -0.1) is 0 Å². The summed E-state index contributed by atoms with van der Waals surface area (Å²) in [6.45, 7) is 7.58. The van der Waals surface area contributed by atoms with Gasteiger partial charge < -0.3 is 10.2 Å². The van der Waals surface area contributed by atoms with Gasteiger partial charge in [0.25, 0.3) is 0 Å². The van der Waals surface area contributed by atoms with Gasteiger partial charge in [0.15, 0.2) is 0 Å². The van der Waals surface area contributed by atoms with Crippen LogP contribution >= 0.6 is 0 Å². The van der Waals surface area contributed by atoms with Crippen molar-refractivity contribution in [3.8, 4) is 0 Å². The molecule has 1 aliphatic rings. The zero-order valence-electron chi connectivity index (χ0n) is 10.4. The molecule has 0 aromatic carbocycles. The fourth-order valence-electron chi connectivity index (χ4n) is 2.33. The van der Waals surface area contributed by atoms with Gasteiger partial charge >= 0.3 is 0 Å². The van der Waals surface area contributed by atoms with Crippen LogP contribution in [0, 0.1) is 5.92 Å². The highest BCUT2D eigenvalue weighted by Crippen LogP contribution is 2.12. The number of amides is 1. The van der Waals surface area contributed by atoms with Gasteiger partial charge in [0.2, 0.25) is 5.91 Å². The number of likely N-dealkylation sites (N-methyl/N-ethyl adjacent to an activating group) is 1. The van der Waals surface area contributed by atoms with Crippen molar-refractivity contribution in [3.63, 3.8) is 0 Å². The molecule has 0 saturated carbocycles. The summed E-state index contributed by atoms with van der Waals surface area (Å²) in [6.07, 6.45) is 2.89. The molecule has 3 heteroatoms. The lowest BCUT2D eigenvalue weighted by molar-refractivity contribution is -0.132. The van der Waals surface area contributed by atoms with E-state index in [1.54, 1.807) is 0 Å². The second-order valence-corrected chi connectivity index (χ2v) is 5.21. The molecule has 1 aliphatic heterocycles. The smallest absolute Gasteiger partial charge is 0.222 e. The number of rotatable bonds is 4. The fourth-order valence-corrected chi connectivity index (χ4v) is 2.33. The maximum absolute atomic E-state index is 11.3. The van der Waals surface area contributed by atoms with Crippen LogP contribution < -0.4 is 5.32 Å². The lowest BCUT2D eigenvalue weighted by Crippen LogP contribution is -2.49. The van der Waals surface area contributed by atoms with Crippen LogP contribution in [0.4, 0.5) is 0 Å². The molecule has 88 valence electrons. The van der Waals surface area contributed by atoms with Crippen molar-refractivity contribution < 1.29 is 4.79 Å². The van der Waals surface area contributed by atoms with Crippen molar-refractivity contribution in [1.82, 2.24) is 10.2 Å². The van der Waals surface area contributed by atoms with Crippen LogP contribution in [0.3, 0.4) is 0 Å². The van der Waals surface area contributed by atoms with Crippen molar-refractivity contribution in [3.05, 3.63) is 0 Å². The average Bonchev–Trinajstić information content (AvgIpc) is 2.10. The Morgan fingerprint density at radius 2 is 2.13 bits per heavy atom. The van der Waals surface area contributed by atoms with Crippen LogP contribution in [0.5, 0.6) is 0 Å². The van der Waals surface area contributed by atoms with Gasteiger partial charge in [0, 0.05) is 32.1 Å². The second kappa shape index (κ2) is 5.50. The number of piperidine rings is 1. The van der Waals surface area contributed by atoms with E-state index in [0.717, 1.165) is 18.9 Å². The molecular weight excluding hydrogens is 188 g/mol. The third kappa shape index (κ3) is 4.20. The maximum Gasteiger partial charge on any atom is 0.222 e. The second-order valence-electron chi connectivity index (χ2n) is 5.21. The third-order valence-electron chi connectivity index (χ3n) is 2.97. The Morgan fingerprint density at radius 1 is 1.47 bits per heavy atom. The molecule has 3 nitrogen and oxygen atoms in total. The fraction of sp³-hybridized carbons (Fsp3) is 0.917. The predicted octanol–water partition coefficient (Wildman–Crippen LogP) is 1.63. The molecule has 0 bridgehead atoms. The minimum atomic E-state index is 0.282. The van der Waals surface area contributed by atoms with Crippen LogP contribution in [0.2, 0.25) is 0 Å². The zero-order valence-corrected chi connectivity index (χ0v) is 10.4. The molecule has 0 aromatic heterocycles. The first kappa shape index (κ1) is 12.5.